The molecule has 5 rings (SSSR count). The molecule has 9 nitrogen and oxygen atoms in total. The third-order valence-corrected chi connectivity index (χ3v) is 6.20. The van der Waals surface area contributed by atoms with Crippen LogP contribution in [0, 0.1) is 0 Å². The van der Waals surface area contributed by atoms with Gasteiger partial charge in [-0.15, -0.1) is 0 Å². The van der Waals surface area contributed by atoms with Crippen molar-refractivity contribution in [2.75, 3.05) is 11.9 Å². The molecule has 1 aliphatic carbocycles. The average Bonchev–Trinajstić information content (AvgIpc) is 3.61. The molecule has 4 aromatic rings. The van der Waals surface area contributed by atoms with Crippen molar-refractivity contribution < 1.29 is 19.1 Å². The molecule has 34 heavy (non-hydrogen) atoms. The number of nitrogens with zero attached hydrogens (tertiary/aromatic N) is 3. The molecule has 0 spiro atoms. The molecule has 2 heterocycles. The van der Waals surface area contributed by atoms with Crippen LogP contribution < -0.4 is 15.6 Å². The van der Waals surface area contributed by atoms with Crippen molar-refractivity contribution in [3.05, 3.63) is 87.3 Å². The predicted octanol–water partition coefficient (Wildman–Crippen LogP) is 3.40. The van der Waals surface area contributed by atoms with E-state index in [2.05, 4.69) is 15.4 Å². The van der Waals surface area contributed by atoms with Gasteiger partial charge in [-0.2, -0.15) is 9.61 Å². The van der Waals surface area contributed by atoms with Crippen LogP contribution in [-0.4, -0.2) is 33.1 Å². The molecule has 0 unspecified atom stereocenters. The van der Waals surface area contributed by atoms with Gasteiger partial charge in [-0.05, 0) is 37.1 Å². The highest BCUT2D eigenvalue weighted by Gasteiger charge is 2.28. The first-order valence-corrected chi connectivity index (χ1v) is 11.5. The van der Waals surface area contributed by atoms with Crippen molar-refractivity contribution in [3.8, 4) is 5.75 Å². The lowest BCUT2D eigenvalue weighted by molar-refractivity contribution is -0.118. The molecule has 1 amide bonds. The SMILES string of the molecule is O=C(COc1ccccc1)Nc1ccccc1C(=O)OCc1cc(=O)n2nc(C3CC3)sc2n1. The molecule has 0 saturated heterocycles. The zero-order valence-electron chi connectivity index (χ0n) is 18.0. The quantitative estimate of drug-likeness (QED) is 0.388. The summed E-state index contributed by atoms with van der Waals surface area (Å²) in [7, 11) is 0. The maximum absolute atomic E-state index is 12.7. The van der Waals surface area contributed by atoms with E-state index in [1.807, 2.05) is 6.07 Å². The van der Waals surface area contributed by atoms with Gasteiger partial charge in [0.05, 0.1) is 16.9 Å². The molecule has 1 saturated carbocycles. The van der Waals surface area contributed by atoms with Crippen LogP contribution in [0.2, 0.25) is 0 Å². The largest absolute Gasteiger partial charge is 0.484 e. The topological polar surface area (TPSA) is 112 Å². The molecule has 1 N–H and O–H groups in total. The smallest absolute Gasteiger partial charge is 0.340 e. The first-order chi connectivity index (χ1) is 16.6. The lowest BCUT2D eigenvalue weighted by Gasteiger charge is -2.11. The first-order valence-electron chi connectivity index (χ1n) is 10.7. The van der Waals surface area contributed by atoms with Gasteiger partial charge in [0.25, 0.3) is 11.5 Å². The number of amides is 1. The summed E-state index contributed by atoms with van der Waals surface area (Å²) in [6.07, 6.45) is 2.15. The number of carbonyl (C=O) groups excluding carboxylic acids is 2. The van der Waals surface area contributed by atoms with E-state index in [-0.39, 0.29) is 24.3 Å². The number of fused-ring (bicyclic) bond motifs is 1. The number of carbonyl (C=O) groups is 2. The van der Waals surface area contributed by atoms with Crippen molar-refractivity contribution in [2.45, 2.75) is 25.4 Å². The van der Waals surface area contributed by atoms with Crippen LogP contribution in [0.25, 0.3) is 4.96 Å². The second-order valence-corrected chi connectivity index (χ2v) is 8.75. The number of para-hydroxylation sites is 2. The Labute approximate surface area is 198 Å². The highest BCUT2D eigenvalue weighted by molar-refractivity contribution is 7.16. The van der Waals surface area contributed by atoms with Gasteiger partial charge in [0.15, 0.2) is 6.61 Å². The van der Waals surface area contributed by atoms with Crippen molar-refractivity contribution in [1.29, 1.82) is 0 Å². The fraction of sp³-hybridized carbons (Fsp3) is 0.208. The lowest BCUT2D eigenvalue weighted by Crippen LogP contribution is -2.22. The molecule has 1 aliphatic rings. The minimum absolute atomic E-state index is 0.180. The number of nitrogens with one attached hydrogen (secondary N) is 1. The first kappa shape index (κ1) is 21.8. The van der Waals surface area contributed by atoms with Gasteiger partial charge in [-0.1, -0.05) is 41.7 Å². The van der Waals surface area contributed by atoms with Gasteiger partial charge >= 0.3 is 5.97 Å². The standard InChI is InChI=1S/C24H20N4O5S/c29-20(14-32-17-6-2-1-3-7-17)26-19-9-5-4-8-18(19)23(31)33-13-16-12-21(30)28-24(25-16)34-22(27-28)15-10-11-15/h1-9,12,15H,10-11,13-14H2,(H,26,29). The molecule has 0 atom stereocenters. The van der Waals surface area contributed by atoms with Gasteiger partial charge in [0.2, 0.25) is 4.96 Å². The van der Waals surface area contributed by atoms with Crippen LogP contribution in [0.5, 0.6) is 5.75 Å². The number of rotatable bonds is 8. The van der Waals surface area contributed by atoms with Crippen LogP contribution in [-0.2, 0) is 16.1 Å². The van der Waals surface area contributed by atoms with E-state index >= 15 is 0 Å². The Bertz CT molecular complexity index is 1410. The van der Waals surface area contributed by atoms with Gasteiger partial charge < -0.3 is 14.8 Å². The number of esters is 1. The van der Waals surface area contributed by atoms with Crippen LogP contribution in [0.4, 0.5) is 5.69 Å². The van der Waals surface area contributed by atoms with E-state index in [0.29, 0.717) is 28.0 Å². The highest BCUT2D eigenvalue weighted by Crippen LogP contribution is 2.41. The number of ether oxygens (including phenoxy) is 2. The highest BCUT2D eigenvalue weighted by atomic mass is 32.1. The minimum atomic E-state index is -0.648. The zero-order chi connectivity index (χ0) is 23.5. The predicted molar refractivity (Wildman–Crippen MR) is 125 cm³/mol. The van der Waals surface area contributed by atoms with Crippen LogP contribution >= 0.6 is 11.3 Å². The van der Waals surface area contributed by atoms with Crippen LogP contribution in [0.15, 0.2) is 65.5 Å². The summed E-state index contributed by atoms with van der Waals surface area (Å²) in [5.74, 6) is -0.0844. The van der Waals surface area contributed by atoms with Crippen molar-refractivity contribution in [3.63, 3.8) is 0 Å². The Hall–Kier alpha value is -4.05. The minimum Gasteiger partial charge on any atom is -0.484 e. The van der Waals surface area contributed by atoms with Crippen LogP contribution in [0.1, 0.15) is 39.8 Å². The summed E-state index contributed by atoms with van der Waals surface area (Å²) < 4.78 is 12.1. The maximum atomic E-state index is 12.7. The Morgan fingerprint density at radius 3 is 2.65 bits per heavy atom. The van der Waals surface area contributed by atoms with Gasteiger partial charge in [0.1, 0.15) is 17.4 Å². The van der Waals surface area contributed by atoms with Gasteiger partial charge in [-0.25, -0.2) is 9.78 Å². The Kier molecular flexibility index (Phi) is 6.05. The summed E-state index contributed by atoms with van der Waals surface area (Å²) in [6.45, 7) is -0.389. The summed E-state index contributed by atoms with van der Waals surface area (Å²) in [6, 6.07) is 16.8. The number of hydrogen-bond acceptors (Lipinski definition) is 8. The maximum Gasteiger partial charge on any atom is 0.340 e. The van der Waals surface area contributed by atoms with Gasteiger partial charge in [0, 0.05) is 12.0 Å². The molecule has 2 aromatic heterocycles. The third kappa shape index (κ3) is 4.96. The second-order valence-electron chi connectivity index (χ2n) is 7.77. The molecule has 1 fully saturated rings. The molecule has 172 valence electrons. The number of anilines is 1. The monoisotopic (exact) mass is 476 g/mol. The summed E-state index contributed by atoms with van der Waals surface area (Å²) >= 11 is 1.38. The summed E-state index contributed by atoms with van der Waals surface area (Å²) in [5.41, 5.74) is 0.503. The molecular formula is C24H20N4O5S. The van der Waals surface area contributed by atoms with Crippen LogP contribution in [0.3, 0.4) is 0 Å². The summed E-state index contributed by atoms with van der Waals surface area (Å²) in [5, 5.41) is 7.91. The van der Waals surface area contributed by atoms with Crippen molar-refractivity contribution >= 4 is 33.9 Å². The molecule has 2 aromatic carbocycles. The van der Waals surface area contributed by atoms with E-state index in [1.165, 1.54) is 21.9 Å². The Balaban J connectivity index is 1.23. The number of hydrogen-bond donors (Lipinski definition) is 1. The zero-order valence-corrected chi connectivity index (χ0v) is 18.8. The molecule has 0 radical (unpaired) electrons. The summed E-state index contributed by atoms with van der Waals surface area (Å²) in [4.78, 5) is 42.3. The van der Waals surface area contributed by atoms with Crippen molar-refractivity contribution in [1.82, 2.24) is 14.6 Å². The van der Waals surface area contributed by atoms with E-state index in [0.717, 1.165) is 17.8 Å². The molecule has 0 aliphatic heterocycles. The lowest BCUT2D eigenvalue weighted by atomic mass is 10.2. The van der Waals surface area contributed by atoms with Crippen molar-refractivity contribution in [2.24, 2.45) is 0 Å². The van der Waals surface area contributed by atoms with E-state index in [1.54, 1.807) is 48.5 Å². The number of benzene rings is 2. The third-order valence-electron chi connectivity index (χ3n) is 5.13. The van der Waals surface area contributed by atoms with E-state index in [4.69, 9.17) is 9.47 Å². The fourth-order valence-electron chi connectivity index (χ4n) is 3.28. The fourth-order valence-corrected chi connectivity index (χ4v) is 4.37. The molecular weight excluding hydrogens is 456 g/mol. The Morgan fingerprint density at radius 2 is 1.85 bits per heavy atom. The molecule has 10 heteroatoms. The molecule has 0 bridgehead atoms. The average molecular weight is 477 g/mol. The normalized spacial score (nSPS) is 12.9. The second kappa shape index (κ2) is 9.44. The van der Waals surface area contributed by atoms with E-state index < -0.39 is 11.9 Å². The van der Waals surface area contributed by atoms with E-state index in [9.17, 15) is 14.4 Å². The number of aromatic nitrogens is 3. The Morgan fingerprint density at radius 1 is 1.09 bits per heavy atom. The van der Waals surface area contributed by atoms with Gasteiger partial charge in [-0.3, -0.25) is 9.59 Å².